The van der Waals surface area contributed by atoms with Gasteiger partial charge in [-0.25, -0.2) is 0 Å². The normalized spacial score (nSPS) is 35.5. The largest absolute Gasteiger partial charge is 0.325 e. The Labute approximate surface area is 116 Å². The van der Waals surface area contributed by atoms with E-state index < -0.39 is 0 Å². The van der Waals surface area contributed by atoms with Crippen molar-refractivity contribution < 1.29 is 0 Å². The SMILES string of the molecule is NC1(Cc2ccc(Br)cc2Cl)CC2CCC1C2. The van der Waals surface area contributed by atoms with E-state index in [0.717, 1.165) is 21.8 Å². The third-order valence-corrected chi connectivity index (χ3v) is 5.40. The van der Waals surface area contributed by atoms with Gasteiger partial charge in [0.25, 0.3) is 0 Å². The zero-order valence-electron chi connectivity index (χ0n) is 9.76. The van der Waals surface area contributed by atoms with Crippen LogP contribution >= 0.6 is 27.5 Å². The van der Waals surface area contributed by atoms with Gasteiger partial charge < -0.3 is 5.73 Å². The molecule has 1 aromatic rings. The van der Waals surface area contributed by atoms with Gasteiger partial charge in [-0.2, -0.15) is 0 Å². The van der Waals surface area contributed by atoms with E-state index in [9.17, 15) is 0 Å². The van der Waals surface area contributed by atoms with Crippen molar-refractivity contribution in [3.63, 3.8) is 0 Å². The van der Waals surface area contributed by atoms with Gasteiger partial charge in [0.15, 0.2) is 0 Å². The molecule has 1 nitrogen and oxygen atoms in total. The maximum atomic E-state index is 6.61. The van der Waals surface area contributed by atoms with Gasteiger partial charge in [-0.3, -0.25) is 0 Å². The Morgan fingerprint density at radius 3 is 2.82 bits per heavy atom. The summed E-state index contributed by atoms with van der Waals surface area (Å²) in [6.45, 7) is 0. The van der Waals surface area contributed by atoms with Gasteiger partial charge in [0.05, 0.1) is 0 Å². The summed E-state index contributed by atoms with van der Waals surface area (Å²) in [7, 11) is 0. The van der Waals surface area contributed by atoms with Gasteiger partial charge in [-0.15, -0.1) is 0 Å². The minimum Gasteiger partial charge on any atom is -0.325 e. The van der Waals surface area contributed by atoms with Crippen LogP contribution in [0.1, 0.15) is 31.2 Å². The van der Waals surface area contributed by atoms with Crippen molar-refractivity contribution >= 4 is 27.5 Å². The number of fused-ring (bicyclic) bond motifs is 2. The molecule has 2 N–H and O–H groups in total. The van der Waals surface area contributed by atoms with Gasteiger partial charge in [0, 0.05) is 15.0 Å². The maximum Gasteiger partial charge on any atom is 0.0449 e. The molecule has 17 heavy (non-hydrogen) atoms. The molecule has 3 unspecified atom stereocenters. The molecule has 2 aliphatic carbocycles. The molecule has 0 radical (unpaired) electrons. The lowest BCUT2D eigenvalue weighted by atomic mass is 9.77. The van der Waals surface area contributed by atoms with Gasteiger partial charge in [-0.1, -0.05) is 40.0 Å². The number of nitrogens with two attached hydrogens (primary N) is 1. The van der Waals surface area contributed by atoms with E-state index in [1.807, 2.05) is 6.07 Å². The molecule has 0 spiro atoms. The third kappa shape index (κ3) is 2.16. The van der Waals surface area contributed by atoms with Crippen molar-refractivity contribution in [2.24, 2.45) is 17.6 Å². The van der Waals surface area contributed by atoms with E-state index in [2.05, 4.69) is 28.1 Å². The van der Waals surface area contributed by atoms with E-state index in [0.29, 0.717) is 5.92 Å². The number of hydrogen-bond donors (Lipinski definition) is 1. The molecule has 1 aromatic carbocycles. The highest BCUT2D eigenvalue weighted by Crippen LogP contribution is 2.51. The number of halogens is 2. The van der Waals surface area contributed by atoms with Crippen LogP contribution in [0.15, 0.2) is 22.7 Å². The molecule has 2 aliphatic rings. The minimum absolute atomic E-state index is 0.000383. The summed E-state index contributed by atoms with van der Waals surface area (Å²) in [6, 6.07) is 6.12. The first-order valence-corrected chi connectivity index (χ1v) is 7.47. The Balaban J connectivity index is 1.83. The van der Waals surface area contributed by atoms with Gasteiger partial charge in [0.1, 0.15) is 0 Å². The third-order valence-electron chi connectivity index (χ3n) is 4.56. The topological polar surface area (TPSA) is 26.0 Å². The Kier molecular flexibility index (Phi) is 3.00. The summed E-state index contributed by atoms with van der Waals surface area (Å²) >= 11 is 9.73. The summed E-state index contributed by atoms with van der Waals surface area (Å²) in [4.78, 5) is 0. The Hall–Kier alpha value is -0.0500. The highest BCUT2D eigenvalue weighted by atomic mass is 79.9. The molecule has 2 bridgehead atoms. The average molecular weight is 315 g/mol. The molecule has 2 saturated carbocycles. The molecule has 2 fully saturated rings. The van der Waals surface area contributed by atoms with Crippen LogP contribution in [-0.4, -0.2) is 5.54 Å². The standard InChI is InChI=1S/C14H17BrClN/c15-12-4-2-10(13(16)6-12)8-14(17)7-9-1-3-11(14)5-9/h2,4,6,9,11H,1,3,5,7-8,17H2. The fourth-order valence-electron chi connectivity index (χ4n) is 3.72. The van der Waals surface area contributed by atoms with E-state index in [1.54, 1.807) is 0 Å². The molecule has 0 amide bonds. The molecular weight excluding hydrogens is 298 g/mol. The van der Waals surface area contributed by atoms with Crippen molar-refractivity contribution in [3.8, 4) is 0 Å². The fraction of sp³-hybridized carbons (Fsp3) is 0.571. The predicted octanol–water partition coefficient (Wildman–Crippen LogP) is 4.16. The van der Waals surface area contributed by atoms with Crippen LogP contribution in [0.5, 0.6) is 0 Å². The molecule has 92 valence electrons. The van der Waals surface area contributed by atoms with Crippen LogP contribution in [0.25, 0.3) is 0 Å². The molecule has 0 heterocycles. The first kappa shape index (κ1) is 12.0. The Morgan fingerprint density at radius 2 is 2.24 bits per heavy atom. The predicted molar refractivity (Wildman–Crippen MR) is 75.2 cm³/mol. The summed E-state index contributed by atoms with van der Waals surface area (Å²) in [6.07, 6.45) is 6.15. The van der Waals surface area contributed by atoms with Gasteiger partial charge in [-0.05, 0) is 55.2 Å². The average Bonchev–Trinajstić information content (AvgIpc) is 2.82. The summed E-state index contributed by atoms with van der Waals surface area (Å²) < 4.78 is 1.03. The molecular formula is C14H17BrClN. The van der Waals surface area contributed by atoms with E-state index in [-0.39, 0.29) is 5.54 Å². The number of rotatable bonds is 2. The van der Waals surface area contributed by atoms with Crippen LogP contribution in [0.2, 0.25) is 5.02 Å². The second kappa shape index (κ2) is 4.25. The number of hydrogen-bond acceptors (Lipinski definition) is 1. The second-order valence-corrected chi connectivity index (χ2v) is 7.05. The molecule has 0 aromatic heterocycles. The lowest BCUT2D eigenvalue weighted by Gasteiger charge is -2.34. The van der Waals surface area contributed by atoms with Crippen LogP contribution in [0, 0.1) is 11.8 Å². The summed E-state index contributed by atoms with van der Waals surface area (Å²) in [5.74, 6) is 1.59. The Bertz CT molecular complexity index is 448. The van der Waals surface area contributed by atoms with Crippen molar-refractivity contribution in [2.75, 3.05) is 0 Å². The molecule has 3 atom stereocenters. The minimum atomic E-state index is 0.000383. The van der Waals surface area contributed by atoms with Gasteiger partial charge >= 0.3 is 0 Å². The molecule has 3 heteroatoms. The lowest BCUT2D eigenvalue weighted by Crippen LogP contribution is -2.47. The van der Waals surface area contributed by atoms with Crippen LogP contribution in [0.3, 0.4) is 0 Å². The van der Waals surface area contributed by atoms with E-state index >= 15 is 0 Å². The quantitative estimate of drug-likeness (QED) is 0.871. The van der Waals surface area contributed by atoms with Crippen LogP contribution < -0.4 is 5.73 Å². The van der Waals surface area contributed by atoms with Crippen LogP contribution in [-0.2, 0) is 6.42 Å². The smallest absolute Gasteiger partial charge is 0.0449 e. The van der Waals surface area contributed by atoms with Crippen molar-refractivity contribution in [3.05, 3.63) is 33.3 Å². The summed E-state index contributed by atoms with van der Waals surface area (Å²) in [5.41, 5.74) is 7.81. The van der Waals surface area contributed by atoms with E-state index in [1.165, 1.54) is 31.2 Å². The first-order chi connectivity index (χ1) is 8.07. The monoisotopic (exact) mass is 313 g/mol. The number of benzene rings is 1. The Morgan fingerprint density at radius 1 is 1.41 bits per heavy atom. The van der Waals surface area contributed by atoms with Crippen LogP contribution in [0.4, 0.5) is 0 Å². The first-order valence-electron chi connectivity index (χ1n) is 6.30. The lowest BCUT2D eigenvalue weighted by molar-refractivity contribution is 0.269. The highest BCUT2D eigenvalue weighted by molar-refractivity contribution is 9.10. The zero-order valence-corrected chi connectivity index (χ0v) is 12.1. The van der Waals surface area contributed by atoms with Crippen molar-refractivity contribution in [2.45, 2.75) is 37.6 Å². The van der Waals surface area contributed by atoms with Crippen molar-refractivity contribution in [1.29, 1.82) is 0 Å². The summed E-state index contributed by atoms with van der Waals surface area (Å²) in [5, 5.41) is 0.840. The molecule has 0 saturated heterocycles. The molecule has 3 rings (SSSR count). The maximum absolute atomic E-state index is 6.61. The highest BCUT2D eigenvalue weighted by Gasteiger charge is 2.48. The molecule has 0 aliphatic heterocycles. The van der Waals surface area contributed by atoms with Crippen molar-refractivity contribution in [1.82, 2.24) is 0 Å². The fourth-order valence-corrected chi connectivity index (χ4v) is 4.46. The zero-order chi connectivity index (χ0) is 12.0. The second-order valence-electron chi connectivity index (χ2n) is 5.73. The van der Waals surface area contributed by atoms with Gasteiger partial charge in [0.2, 0.25) is 0 Å². The van der Waals surface area contributed by atoms with E-state index in [4.69, 9.17) is 17.3 Å².